The Balaban J connectivity index is 1.21. The van der Waals surface area contributed by atoms with Gasteiger partial charge in [-0.25, -0.2) is 4.79 Å². The highest BCUT2D eigenvalue weighted by Crippen LogP contribution is 2.41. The zero-order valence-electron chi connectivity index (χ0n) is 19.6. The van der Waals surface area contributed by atoms with Gasteiger partial charge in [0.2, 0.25) is 0 Å². The molecule has 2 fully saturated rings. The van der Waals surface area contributed by atoms with E-state index in [1.54, 1.807) is 16.8 Å². The fourth-order valence-electron chi connectivity index (χ4n) is 4.99. The number of hydrogen-bond acceptors (Lipinski definition) is 8. The Morgan fingerprint density at radius 1 is 1.06 bits per heavy atom. The van der Waals surface area contributed by atoms with Crippen molar-refractivity contribution >= 4 is 17.3 Å². The summed E-state index contributed by atoms with van der Waals surface area (Å²) in [6.07, 6.45) is 7.07. The highest BCUT2D eigenvalue weighted by Gasteiger charge is 2.23. The quantitative estimate of drug-likeness (QED) is 0.361. The predicted molar refractivity (Wildman–Crippen MR) is 132 cm³/mol. The van der Waals surface area contributed by atoms with E-state index in [4.69, 9.17) is 4.74 Å². The Hall–Kier alpha value is -2.75. The van der Waals surface area contributed by atoms with E-state index in [1.807, 2.05) is 12.1 Å². The normalized spacial score (nSPS) is 20.4. The van der Waals surface area contributed by atoms with E-state index in [1.165, 1.54) is 0 Å². The first-order valence-electron chi connectivity index (χ1n) is 12.6. The number of carbonyl (C=O) groups excluding carboxylic acids is 1. The van der Waals surface area contributed by atoms with Gasteiger partial charge in [0.1, 0.15) is 0 Å². The van der Waals surface area contributed by atoms with Crippen molar-refractivity contribution in [3.05, 3.63) is 40.4 Å². The summed E-state index contributed by atoms with van der Waals surface area (Å²) >= 11 is 0. The van der Waals surface area contributed by atoms with E-state index in [9.17, 15) is 9.59 Å². The number of nitrogens with one attached hydrogen (secondary N) is 3. The third kappa shape index (κ3) is 5.32. The molecule has 3 N–H and O–H groups in total. The lowest BCUT2D eigenvalue weighted by Gasteiger charge is -2.27. The molecular formula is C25H34N6O3. The van der Waals surface area contributed by atoms with Gasteiger partial charge in [0.05, 0.1) is 11.9 Å². The van der Waals surface area contributed by atoms with Gasteiger partial charge in [0.25, 0.3) is 0 Å². The highest BCUT2D eigenvalue weighted by atomic mass is 16.5. The molecule has 0 saturated carbocycles. The molecule has 1 aromatic carbocycles. The van der Waals surface area contributed by atoms with Crippen molar-refractivity contribution in [1.82, 2.24) is 25.1 Å². The zero-order chi connectivity index (χ0) is 23.3. The molecule has 3 aliphatic heterocycles. The number of fused-ring (bicyclic) bond motifs is 2. The summed E-state index contributed by atoms with van der Waals surface area (Å²) in [6, 6.07) is 5.58. The third-order valence-electron chi connectivity index (χ3n) is 6.97. The van der Waals surface area contributed by atoms with Crippen molar-refractivity contribution in [2.75, 3.05) is 51.1 Å². The van der Waals surface area contributed by atoms with E-state index < -0.39 is 0 Å². The maximum atomic E-state index is 12.8. The SMILES string of the molecule is O=C(CCCCN1CCNCC1)c1ccc2c(c1)Nc1nc(=O)n(C3CCCNCC3)cc1O2. The molecule has 2 saturated heterocycles. The van der Waals surface area contributed by atoms with Crippen LogP contribution in [0.15, 0.2) is 29.2 Å². The van der Waals surface area contributed by atoms with E-state index in [-0.39, 0.29) is 17.5 Å². The topological polar surface area (TPSA) is 101 Å². The summed E-state index contributed by atoms with van der Waals surface area (Å²) in [6.45, 7) is 7.19. The lowest BCUT2D eigenvalue weighted by Crippen LogP contribution is -2.43. The summed E-state index contributed by atoms with van der Waals surface area (Å²) < 4.78 is 7.78. The van der Waals surface area contributed by atoms with Crippen LogP contribution in [0, 0.1) is 0 Å². The van der Waals surface area contributed by atoms with Crippen LogP contribution in [0.4, 0.5) is 11.5 Å². The van der Waals surface area contributed by atoms with Gasteiger partial charge in [-0.1, -0.05) is 0 Å². The lowest BCUT2D eigenvalue weighted by atomic mass is 10.0. The van der Waals surface area contributed by atoms with Crippen LogP contribution in [-0.4, -0.2) is 66.0 Å². The number of Topliss-reactive ketones (excluding diaryl/α,β-unsaturated/α-hetero) is 1. The molecule has 1 atom stereocenters. The van der Waals surface area contributed by atoms with Crippen molar-refractivity contribution < 1.29 is 9.53 Å². The van der Waals surface area contributed by atoms with Gasteiger partial charge < -0.3 is 25.6 Å². The molecule has 0 bridgehead atoms. The van der Waals surface area contributed by atoms with Crippen molar-refractivity contribution in [1.29, 1.82) is 0 Å². The van der Waals surface area contributed by atoms with E-state index in [0.29, 0.717) is 35.0 Å². The van der Waals surface area contributed by atoms with E-state index in [0.717, 1.165) is 77.9 Å². The number of nitrogens with zero attached hydrogens (tertiary/aromatic N) is 3. The number of unbranched alkanes of at least 4 members (excludes halogenated alkanes) is 1. The van der Waals surface area contributed by atoms with Gasteiger partial charge in [0.15, 0.2) is 23.1 Å². The van der Waals surface area contributed by atoms with E-state index >= 15 is 0 Å². The van der Waals surface area contributed by atoms with Crippen LogP contribution < -0.4 is 26.4 Å². The lowest BCUT2D eigenvalue weighted by molar-refractivity contribution is 0.0977. The number of hydrogen-bond donors (Lipinski definition) is 3. The number of carbonyl (C=O) groups is 1. The molecule has 0 aliphatic carbocycles. The summed E-state index contributed by atoms with van der Waals surface area (Å²) in [7, 11) is 0. The van der Waals surface area contributed by atoms with Gasteiger partial charge in [-0.3, -0.25) is 9.36 Å². The fraction of sp³-hybridized carbons (Fsp3) is 0.560. The van der Waals surface area contributed by atoms with Gasteiger partial charge in [-0.15, -0.1) is 0 Å². The Kier molecular flexibility index (Phi) is 7.22. The summed E-state index contributed by atoms with van der Waals surface area (Å²) in [5.41, 5.74) is 1.05. The fourth-order valence-corrected chi connectivity index (χ4v) is 4.99. The highest BCUT2D eigenvalue weighted by molar-refractivity contribution is 5.97. The molecule has 3 aliphatic rings. The Bertz CT molecular complexity index is 1070. The maximum absolute atomic E-state index is 12.8. The molecule has 5 rings (SSSR count). The van der Waals surface area contributed by atoms with Crippen LogP contribution >= 0.6 is 0 Å². The molecule has 0 amide bonds. The standard InChI is InChI=1S/C25H34N6O3/c32-21(5-1-2-13-30-14-11-27-12-15-30)18-6-7-22-20(16-18)28-24-23(34-22)17-31(25(33)29-24)19-4-3-9-26-10-8-19/h6-7,16-17,19,26-27H,1-5,8-15H2,(H,28,29,33). The minimum absolute atomic E-state index is 0.122. The molecular weight excluding hydrogens is 432 g/mol. The summed E-state index contributed by atoms with van der Waals surface area (Å²) in [5.74, 6) is 1.70. The van der Waals surface area contributed by atoms with Crippen LogP contribution in [0.25, 0.3) is 0 Å². The second-order valence-electron chi connectivity index (χ2n) is 9.39. The monoisotopic (exact) mass is 466 g/mol. The van der Waals surface area contributed by atoms with Gasteiger partial charge in [-0.2, -0.15) is 4.98 Å². The largest absolute Gasteiger partial charge is 0.450 e. The Labute approximate surface area is 199 Å². The minimum Gasteiger partial charge on any atom is -0.450 e. The van der Waals surface area contributed by atoms with E-state index in [2.05, 4.69) is 25.8 Å². The number of ketones is 1. The first-order valence-corrected chi connectivity index (χ1v) is 12.6. The van der Waals surface area contributed by atoms with Crippen LogP contribution in [0.1, 0.15) is 54.9 Å². The number of aromatic nitrogens is 2. The molecule has 34 heavy (non-hydrogen) atoms. The van der Waals surface area contributed by atoms with Crippen molar-refractivity contribution in [3.8, 4) is 11.5 Å². The first kappa shape index (κ1) is 23.0. The number of ether oxygens (including phenoxy) is 1. The molecule has 9 nitrogen and oxygen atoms in total. The smallest absolute Gasteiger partial charge is 0.350 e. The molecule has 2 aromatic rings. The first-order chi connectivity index (χ1) is 16.7. The molecule has 0 radical (unpaired) electrons. The molecule has 1 aromatic heterocycles. The average Bonchev–Trinajstić information content (AvgIpc) is 3.15. The van der Waals surface area contributed by atoms with Gasteiger partial charge in [0, 0.05) is 44.2 Å². The predicted octanol–water partition coefficient (Wildman–Crippen LogP) is 2.67. The Morgan fingerprint density at radius 2 is 1.91 bits per heavy atom. The number of piperazine rings is 1. The van der Waals surface area contributed by atoms with Gasteiger partial charge >= 0.3 is 5.69 Å². The molecule has 4 heterocycles. The molecule has 182 valence electrons. The van der Waals surface area contributed by atoms with Crippen LogP contribution in [0.5, 0.6) is 11.5 Å². The molecule has 0 spiro atoms. The van der Waals surface area contributed by atoms with Gasteiger partial charge in [-0.05, 0) is 69.9 Å². The average molecular weight is 467 g/mol. The van der Waals surface area contributed by atoms with Crippen LogP contribution in [-0.2, 0) is 0 Å². The number of anilines is 2. The number of benzene rings is 1. The molecule has 9 heteroatoms. The third-order valence-corrected chi connectivity index (χ3v) is 6.97. The van der Waals surface area contributed by atoms with Crippen molar-refractivity contribution in [2.45, 2.75) is 44.6 Å². The van der Waals surface area contributed by atoms with Crippen molar-refractivity contribution in [2.24, 2.45) is 0 Å². The number of rotatable bonds is 7. The second-order valence-corrected chi connectivity index (χ2v) is 9.39. The molecule has 1 unspecified atom stereocenters. The summed E-state index contributed by atoms with van der Waals surface area (Å²) in [5, 5.41) is 9.94. The van der Waals surface area contributed by atoms with Crippen molar-refractivity contribution in [3.63, 3.8) is 0 Å². The van der Waals surface area contributed by atoms with Crippen LogP contribution in [0.3, 0.4) is 0 Å². The second kappa shape index (κ2) is 10.7. The Morgan fingerprint density at radius 3 is 2.79 bits per heavy atom. The minimum atomic E-state index is -0.276. The summed E-state index contributed by atoms with van der Waals surface area (Å²) in [4.78, 5) is 32.2. The van der Waals surface area contributed by atoms with Crippen LogP contribution in [0.2, 0.25) is 0 Å². The zero-order valence-corrected chi connectivity index (χ0v) is 19.6. The maximum Gasteiger partial charge on any atom is 0.350 e.